The molecular formula is C14H7BrCl2N4. The van der Waals surface area contributed by atoms with Crippen molar-refractivity contribution in [3.63, 3.8) is 0 Å². The molecule has 0 amide bonds. The van der Waals surface area contributed by atoms with Gasteiger partial charge in [0.2, 0.25) is 5.95 Å². The Kier molecular flexibility index (Phi) is 3.54. The van der Waals surface area contributed by atoms with Crippen molar-refractivity contribution >= 4 is 56.1 Å². The summed E-state index contributed by atoms with van der Waals surface area (Å²) < 4.78 is 2.37. The average molecular weight is 382 g/mol. The van der Waals surface area contributed by atoms with E-state index in [1.165, 1.54) is 0 Å². The summed E-state index contributed by atoms with van der Waals surface area (Å²) in [5.41, 5.74) is 8.30. The topological polar surface area (TPSA) is 67.6 Å². The lowest BCUT2D eigenvalue weighted by atomic mass is 10.2. The van der Waals surface area contributed by atoms with Crippen molar-refractivity contribution in [3.8, 4) is 11.8 Å². The van der Waals surface area contributed by atoms with Crippen LogP contribution < -0.4 is 5.73 Å². The van der Waals surface area contributed by atoms with E-state index in [0.29, 0.717) is 36.8 Å². The highest BCUT2D eigenvalue weighted by Gasteiger charge is 2.17. The molecule has 0 fully saturated rings. The number of anilines is 1. The number of hydrogen-bond acceptors (Lipinski definition) is 3. The molecule has 2 aromatic carbocycles. The van der Waals surface area contributed by atoms with E-state index in [9.17, 15) is 0 Å². The van der Waals surface area contributed by atoms with Crippen LogP contribution in [-0.2, 0) is 0 Å². The SMILES string of the molecule is N#Cc1cccc2c1nc(N)n2-c1ccc(Br)c(Cl)c1Cl. The van der Waals surface area contributed by atoms with Crippen LogP contribution in [0.25, 0.3) is 16.7 Å². The molecule has 0 aliphatic heterocycles. The van der Waals surface area contributed by atoms with Gasteiger partial charge in [-0.1, -0.05) is 29.3 Å². The second-order valence-electron chi connectivity index (χ2n) is 4.28. The third-order valence-corrected chi connectivity index (χ3v) is 4.85. The predicted octanol–water partition coefficient (Wildman–Crippen LogP) is 4.55. The Morgan fingerprint density at radius 3 is 2.67 bits per heavy atom. The molecule has 21 heavy (non-hydrogen) atoms. The van der Waals surface area contributed by atoms with Gasteiger partial charge in [0.05, 0.1) is 26.8 Å². The van der Waals surface area contributed by atoms with Crippen molar-refractivity contribution < 1.29 is 0 Å². The van der Waals surface area contributed by atoms with Crippen LogP contribution in [0.3, 0.4) is 0 Å². The Labute approximate surface area is 138 Å². The van der Waals surface area contributed by atoms with Crippen molar-refractivity contribution in [1.82, 2.24) is 9.55 Å². The van der Waals surface area contributed by atoms with Gasteiger partial charge in [-0.05, 0) is 40.2 Å². The maximum atomic E-state index is 9.15. The molecule has 1 aromatic heterocycles. The smallest absolute Gasteiger partial charge is 0.206 e. The molecule has 1 heterocycles. The minimum atomic E-state index is 0.244. The summed E-state index contributed by atoms with van der Waals surface area (Å²) in [6.07, 6.45) is 0. The maximum absolute atomic E-state index is 9.15. The fourth-order valence-corrected chi connectivity index (χ4v) is 3.00. The van der Waals surface area contributed by atoms with Gasteiger partial charge in [0.25, 0.3) is 0 Å². The number of imidazole rings is 1. The molecule has 0 bridgehead atoms. The third kappa shape index (κ3) is 2.16. The van der Waals surface area contributed by atoms with Gasteiger partial charge in [0.15, 0.2) is 0 Å². The molecular weight excluding hydrogens is 375 g/mol. The van der Waals surface area contributed by atoms with E-state index >= 15 is 0 Å². The molecule has 0 aliphatic carbocycles. The van der Waals surface area contributed by atoms with Crippen LogP contribution in [-0.4, -0.2) is 9.55 Å². The summed E-state index contributed by atoms with van der Waals surface area (Å²) >= 11 is 15.8. The fourth-order valence-electron chi connectivity index (χ4n) is 2.15. The lowest BCUT2D eigenvalue weighted by Crippen LogP contribution is -2.01. The molecule has 0 unspecified atom stereocenters. The lowest BCUT2D eigenvalue weighted by Gasteiger charge is -2.10. The highest BCUT2D eigenvalue weighted by Crippen LogP contribution is 2.37. The van der Waals surface area contributed by atoms with Crippen LogP contribution in [0.5, 0.6) is 0 Å². The first-order valence-electron chi connectivity index (χ1n) is 5.85. The van der Waals surface area contributed by atoms with Crippen LogP contribution in [0.2, 0.25) is 10.0 Å². The molecule has 0 aliphatic rings. The number of nitriles is 1. The average Bonchev–Trinajstić information content (AvgIpc) is 2.81. The van der Waals surface area contributed by atoms with E-state index in [4.69, 9.17) is 34.2 Å². The van der Waals surface area contributed by atoms with E-state index in [1.807, 2.05) is 6.07 Å². The summed E-state index contributed by atoms with van der Waals surface area (Å²) in [7, 11) is 0. The van der Waals surface area contributed by atoms with Crippen LogP contribution in [0.1, 0.15) is 5.56 Å². The van der Waals surface area contributed by atoms with E-state index in [2.05, 4.69) is 27.0 Å². The van der Waals surface area contributed by atoms with Gasteiger partial charge in [-0.25, -0.2) is 4.98 Å². The molecule has 0 atom stereocenters. The monoisotopic (exact) mass is 380 g/mol. The molecule has 104 valence electrons. The molecule has 3 aromatic rings. The van der Waals surface area contributed by atoms with Gasteiger partial charge in [0, 0.05) is 4.47 Å². The Morgan fingerprint density at radius 2 is 1.95 bits per heavy atom. The zero-order valence-corrected chi connectivity index (χ0v) is 13.5. The summed E-state index contributed by atoms with van der Waals surface area (Å²) in [4.78, 5) is 4.26. The molecule has 7 heteroatoms. The summed E-state index contributed by atoms with van der Waals surface area (Å²) in [5, 5.41) is 9.90. The first-order chi connectivity index (χ1) is 10.0. The lowest BCUT2D eigenvalue weighted by molar-refractivity contribution is 1.11. The van der Waals surface area contributed by atoms with Gasteiger partial charge in [-0.3, -0.25) is 4.57 Å². The molecule has 2 N–H and O–H groups in total. The quantitative estimate of drug-likeness (QED) is 0.628. The molecule has 0 saturated carbocycles. The molecule has 0 spiro atoms. The Balaban J connectivity index is 2.39. The van der Waals surface area contributed by atoms with Crippen molar-refractivity contribution in [3.05, 3.63) is 50.4 Å². The summed E-state index contributed by atoms with van der Waals surface area (Å²) in [5.74, 6) is 0.244. The third-order valence-electron chi connectivity index (χ3n) is 3.09. The molecule has 3 rings (SSSR count). The van der Waals surface area contributed by atoms with Crippen molar-refractivity contribution in [2.45, 2.75) is 0 Å². The molecule has 0 radical (unpaired) electrons. The largest absolute Gasteiger partial charge is 0.369 e. The minimum absolute atomic E-state index is 0.244. The number of fused-ring (bicyclic) bond motifs is 1. The molecule has 4 nitrogen and oxygen atoms in total. The number of benzene rings is 2. The first-order valence-corrected chi connectivity index (χ1v) is 7.40. The highest BCUT2D eigenvalue weighted by atomic mass is 79.9. The van der Waals surface area contributed by atoms with Crippen LogP contribution >= 0.6 is 39.1 Å². The van der Waals surface area contributed by atoms with Crippen LogP contribution in [0.4, 0.5) is 5.95 Å². The number of para-hydroxylation sites is 1. The van der Waals surface area contributed by atoms with Gasteiger partial charge in [-0.2, -0.15) is 5.26 Å². The van der Waals surface area contributed by atoms with Gasteiger partial charge in [-0.15, -0.1) is 0 Å². The second-order valence-corrected chi connectivity index (χ2v) is 5.90. The standard InChI is InChI=1S/C14H7BrCl2N4/c15-8-4-5-9(12(17)11(8)16)21-10-3-1-2-7(6-18)13(10)20-14(21)19/h1-5H,(H2,19,20). The van der Waals surface area contributed by atoms with E-state index < -0.39 is 0 Å². The number of aromatic nitrogens is 2. The predicted molar refractivity (Wildman–Crippen MR) is 87.9 cm³/mol. The van der Waals surface area contributed by atoms with Crippen molar-refractivity contribution in [1.29, 1.82) is 5.26 Å². The number of halogens is 3. The van der Waals surface area contributed by atoms with Crippen molar-refractivity contribution in [2.75, 3.05) is 5.73 Å². The summed E-state index contributed by atoms with van der Waals surface area (Å²) in [6.45, 7) is 0. The van der Waals surface area contributed by atoms with Gasteiger partial charge < -0.3 is 5.73 Å². The van der Waals surface area contributed by atoms with Gasteiger partial charge >= 0.3 is 0 Å². The number of nitrogen functional groups attached to an aromatic ring is 1. The van der Waals surface area contributed by atoms with E-state index in [0.717, 1.165) is 0 Å². The number of nitrogens with zero attached hydrogens (tertiary/aromatic N) is 3. The fraction of sp³-hybridized carbons (Fsp3) is 0. The van der Waals surface area contributed by atoms with E-state index in [-0.39, 0.29) is 5.95 Å². The minimum Gasteiger partial charge on any atom is -0.369 e. The van der Waals surface area contributed by atoms with E-state index in [1.54, 1.807) is 28.8 Å². The zero-order valence-electron chi connectivity index (χ0n) is 10.4. The Bertz CT molecular complexity index is 911. The first kappa shape index (κ1) is 14.2. The van der Waals surface area contributed by atoms with Crippen molar-refractivity contribution in [2.24, 2.45) is 0 Å². The number of nitrogens with two attached hydrogens (primary N) is 1. The Hall–Kier alpha value is -1.74. The summed E-state index contributed by atoms with van der Waals surface area (Å²) in [6, 6.07) is 11.0. The molecule has 0 saturated heterocycles. The zero-order chi connectivity index (χ0) is 15.1. The Morgan fingerprint density at radius 1 is 1.19 bits per heavy atom. The maximum Gasteiger partial charge on any atom is 0.206 e. The highest BCUT2D eigenvalue weighted by molar-refractivity contribution is 9.10. The van der Waals surface area contributed by atoms with Crippen LogP contribution in [0, 0.1) is 11.3 Å². The van der Waals surface area contributed by atoms with Gasteiger partial charge in [0.1, 0.15) is 11.6 Å². The van der Waals surface area contributed by atoms with Crippen LogP contribution in [0.15, 0.2) is 34.8 Å². The normalized spacial score (nSPS) is 10.8. The number of rotatable bonds is 1. The second kappa shape index (κ2) is 5.23. The number of hydrogen-bond donors (Lipinski definition) is 1.